The summed E-state index contributed by atoms with van der Waals surface area (Å²) in [5.41, 5.74) is -4.12. The lowest BCUT2D eigenvalue weighted by Gasteiger charge is -2.14. The van der Waals surface area contributed by atoms with Crippen LogP contribution in [0, 0.1) is 20.2 Å². The summed E-state index contributed by atoms with van der Waals surface area (Å²) in [5, 5.41) is 19.5. The molecule has 6 nitrogen and oxygen atoms in total. The van der Waals surface area contributed by atoms with Crippen molar-refractivity contribution in [2.24, 2.45) is 0 Å². The molecular formula is C3H3F3N2O4. The molecule has 0 aromatic carbocycles. The number of nitrogens with zero attached hydrogens (tertiary/aromatic N) is 2. The zero-order chi connectivity index (χ0) is 10.2. The van der Waals surface area contributed by atoms with Crippen LogP contribution >= 0.6 is 0 Å². The summed E-state index contributed by atoms with van der Waals surface area (Å²) in [6.45, 7) is -0.104. The molecule has 12 heavy (non-hydrogen) atoms. The van der Waals surface area contributed by atoms with Crippen molar-refractivity contribution < 1.29 is 23.0 Å². The van der Waals surface area contributed by atoms with Gasteiger partial charge in [-0.25, -0.2) is 0 Å². The molecule has 0 saturated heterocycles. The summed E-state index contributed by atoms with van der Waals surface area (Å²) >= 11 is 0. The Hall–Kier alpha value is -1.41. The Bertz CT molecular complexity index is 210. The van der Waals surface area contributed by atoms with E-state index in [0.717, 1.165) is 0 Å². The predicted molar refractivity (Wildman–Crippen MR) is 28.4 cm³/mol. The van der Waals surface area contributed by atoms with Crippen molar-refractivity contribution >= 4 is 0 Å². The third-order valence-corrected chi connectivity index (χ3v) is 1.25. The van der Waals surface area contributed by atoms with E-state index in [0.29, 0.717) is 0 Å². The van der Waals surface area contributed by atoms with Gasteiger partial charge in [0.1, 0.15) is 9.85 Å². The lowest BCUT2D eigenvalue weighted by molar-refractivity contribution is -0.823. The average molecular weight is 188 g/mol. The Kier molecular flexibility index (Phi) is 2.27. The second-order valence-electron chi connectivity index (χ2n) is 2.03. The molecule has 0 aliphatic carbocycles. The molecule has 0 fully saturated rings. The van der Waals surface area contributed by atoms with E-state index in [2.05, 4.69) is 0 Å². The van der Waals surface area contributed by atoms with Crippen molar-refractivity contribution in [2.45, 2.75) is 18.8 Å². The molecule has 0 amide bonds. The van der Waals surface area contributed by atoms with Gasteiger partial charge in [0.15, 0.2) is 0 Å². The summed E-state index contributed by atoms with van der Waals surface area (Å²) < 4.78 is 35.2. The molecule has 0 aliphatic rings. The lowest BCUT2D eigenvalue weighted by Crippen LogP contribution is -2.55. The summed E-state index contributed by atoms with van der Waals surface area (Å²) in [6.07, 6.45) is -5.50. The minimum absolute atomic E-state index is 0.104. The molecule has 0 aromatic rings. The van der Waals surface area contributed by atoms with Crippen molar-refractivity contribution in [3.8, 4) is 0 Å². The molecule has 0 atom stereocenters. The molecule has 0 N–H and O–H groups in total. The third-order valence-electron chi connectivity index (χ3n) is 1.25. The molecule has 0 aliphatic heterocycles. The van der Waals surface area contributed by atoms with Crippen molar-refractivity contribution in [1.82, 2.24) is 0 Å². The maximum atomic E-state index is 11.7. The first kappa shape index (κ1) is 10.6. The van der Waals surface area contributed by atoms with Crippen LogP contribution in [0.2, 0.25) is 0 Å². The zero-order valence-electron chi connectivity index (χ0n) is 5.66. The Morgan fingerprint density at radius 3 is 1.33 bits per heavy atom. The van der Waals surface area contributed by atoms with E-state index in [4.69, 9.17) is 0 Å². The number of rotatable bonds is 2. The highest BCUT2D eigenvalue weighted by Crippen LogP contribution is 2.32. The van der Waals surface area contributed by atoms with Crippen LogP contribution in [-0.4, -0.2) is 21.7 Å². The van der Waals surface area contributed by atoms with Crippen LogP contribution in [0.25, 0.3) is 0 Å². The van der Waals surface area contributed by atoms with Gasteiger partial charge in [-0.1, -0.05) is 0 Å². The standard InChI is InChI=1S/C3H3F3N2O4/c1-2(7(9)10,8(11)12)3(4,5)6/h1H3. The second kappa shape index (κ2) is 2.57. The smallest absolute Gasteiger partial charge is 0.258 e. The van der Waals surface area contributed by atoms with Gasteiger partial charge in [-0.05, 0) is 0 Å². The minimum Gasteiger partial charge on any atom is -0.258 e. The van der Waals surface area contributed by atoms with Crippen LogP contribution < -0.4 is 0 Å². The van der Waals surface area contributed by atoms with E-state index < -0.39 is 21.7 Å². The van der Waals surface area contributed by atoms with Gasteiger partial charge >= 0.3 is 11.8 Å². The summed E-state index contributed by atoms with van der Waals surface area (Å²) in [5.74, 6) is 0. The molecule has 9 heteroatoms. The van der Waals surface area contributed by atoms with Gasteiger partial charge in [0.05, 0.1) is 6.92 Å². The Morgan fingerprint density at radius 1 is 1.08 bits per heavy atom. The van der Waals surface area contributed by atoms with E-state index in [1.165, 1.54) is 0 Å². The molecule has 0 spiro atoms. The van der Waals surface area contributed by atoms with Gasteiger partial charge in [-0.15, -0.1) is 0 Å². The van der Waals surface area contributed by atoms with Gasteiger partial charge < -0.3 is 0 Å². The number of alkyl halides is 3. The molecule has 0 bridgehead atoms. The number of nitro groups is 2. The van der Waals surface area contributed by atoms with Crippen molar-refractivity contribution in [3.05, 3.63) is 20.2 Å². The summed E-state index contributed by atoms with van der Waals surface area (Å²) in [4.78, 5) is 15.5. The largest absolute Gasteiger partial charge is 0.548 e. The fourth-order valence-electron chi connectivity index (χ4n) is 0.274. The van der Waals surface area contributed by atoms with Crippen molar-refractivity contribution in [1.29, 1.82) is 0 Å². The topological polar surface area (TPSA) is 86.3 Å². The van der Waals surface area contributed by atoms with Crippen molar-refractivity contribution in [3.63, 3.8) is 0 Å². The van der Waals surface area contributed by atoms with Crippen molar-refractivity contribution in [2.75, 3.05) is 0 Å². The third kappa shape index (κ3) is 1.29. The van der Waals surface area contributed by atoms with E-state index >= 15 is 0 Å². The second-order valence-corrected chi connectivity index (χ2v) is 2.03. The maximum Gasteiger partial charge on any atom is 0.548 e. The zero-order valence-corrected chi connectivity index (χ0v) is 5.66. The quantitative estimate of drug-likeness (QED) is 0.364. The minimum atomic E-state index is -5.50. The van der Waals surface area contributed by atoms with E-state index in [-0.39, 0.29) is 6.92 Å². The molecule has 70 valence electrons. The fourth-order valence-corrected chi connectivity index (χ4v) is 0.274. The number of halogens is 3. The van der Waals surface area contributed by atoms with Gasteiger partial charge in [-0.2, -0.15) is 13.2 Å². The number of hydrogen-bond acceptors (Lipinski definition) is 4. The predicted octanol–water partition coefficient (Wildman–Crippen LogP) is 0.818. The highest BCUT2D eigenvalue weighted by Gasteiger charge is 2.74. The first-order valence-electron chi connectivity index (χ1n) is 2.49. The highest BCUT2D eigenvalue weighted by atomic mass is 19.4. The fraction of sp³-hybridized carbons (Fsp3) is 1.00. The Morgan fingerprint density at radius 2 is 1.33 bits per heavy atom. The summed E-state index contributed by atoms with van der Waals surface area (Å²) in [6, 6.07) is 0. The number of hydrogen-bond donors (Lipinski definition) is 0. The summed E-state index contributed by atoms with van der Waals surface area (Å²) in [7, 11) is 0. The first-order valence-corrected chi connectivity index (χ1v) is 2.49. The monoisotopic (exact) mass is 188 g/mol. The Labute approximate surface area is 63.3 Å². The maximum absolute atomic E-state index is 11.7. The molecule has 0 saturated carbocycles. The molecular weight excluding hydrogens is 185 g/mol. The molecule has 0 radical (unpaired) electrons. The van der Waals surface area contributed by atoms with Gasteiger partial charge in [-0.3, -0.25) is 20.2 Å². The van der Waals surface area contributed by atoms with Crippen LogP contribution in [0.4, 0.5) is 13.2 Å². The van der Waals surface area contributed by atoms with Crippen LogP contribution in [0.3, 0.4) is 0 Å². The van der Waals surface area contributed by atoms with Gasteiger partial charge in [0.25, 0.3) is 0 Å². The van der Waals surface area contributed by atoms with E-state index in [1.54, 1.807) is 0 Å². The van der Waals surface area contributed by atoms with E-state index in [9.17, 15) is 33.4 Å². The molecule has 0 aromatic heterocycles. The highest BCUT2D eigenvalue weighted by molar-refractivity contribution is 4.69. The molecule has 0 rings (SSSR count). The first-order chi connectivity index (χ1) is 5.14. The normalized spacial score (nSPS) is 12.7. The van der Waals surface area contributed by atoms with Crippen LogP contribution in [-0.2, 0) is 0 Å². The van der Waals surface area contributed by atoms with Gasteiger partial charge in [0.2, 0.25) is 0 Å². The van der Waals surface area contributed by atoms with Crippen LogP contribution in [0.5, 0.6) is 0 Å². The van der Waals surface area contributed by atoms with E-state index in [1.807, 2.05) is 0 Å². The average Bonchev–Trinajstić information content (AvgIpc) is 1.82. The SMILES string of the molecule is CC([N+](=O)[O-])([N+](=O)[O-])C(F)(F)F. The van der Waals surface area contributed by atoms with Crippen LogP contribution in [0.1, 0.15) is 6.92 Å². The van der Waals surface area contributed by atoms with Crippen LogP contribution in [0.15, 0.2) is 0 Å². The Balaban J connectivity index is 5.17. The lowest BCUT2D eigenvalue weighted by atomic mass is 10.2. The molecule has 0 unspecified atom stereocenters. The van der Waals surface area contributed by atoms with Gasteiger partial charge in [0, 0.05) is 0 Å². The molecule has 0 heterocycles.